The highest BCUT2D eigenvalue weighted by Crippen LogP contribution is 2.32. The Kier molecular flexibility index (Phi) is 6.74. The molecular formula is C27H26N2O4. The number of benzene rings is 3. The summed E-state index contributed by atoms with van der Waals surface area (Å²) in [5, 5.41) is 2.99. The van der Waals surface area contributed by atoms with Gasteiger partial charge in [-0.3, -0.25) is 4.90 Å². The van der Waals surface area contributed by atoms with E-state index in [2.05, 4.69) is 5.32 Å². The lowest BCUT2D eigenvalue weighted by Crippen LogP contribution is -2.47. The molecule has 1 aliphatic rings. The molecule has 0 aromatic heterocycles. The van der Waals surface area contributed by atoms with Crippen molar-refractivity contribution in [2.45, 2.75) is 26.1 Å². The largest absolute Gasteiger partial charge is 0.497 e. The van der Waals surface area contributed by atoms with Gasteiger partial charge < -0.3 is 14.8 Å². The number of carbonyl (C=O) groups excluding carboxylic acids is 2. The lowest BCUT2D eigenvalue weighted by atomic mass is 9.94. The lowest BCUT2D eigenvalue weighted by Gasteiger charge is -2.35. The Labute approximate surface area is 193 Å². The van der Waals surface area contributed by atoms with E-state index in [0.29, 0.717) is 17.8 Å². The molecule has 2 amide bonds. The average Bonchev–Trinajstić information content (AvgIpc) is 2.86. The molecule has 4 rings (SSSR count). The second-order valence-corrected chi connectivity index (χ2v) is 7.79. The molecule has 0 bridgehead atoms. The molecule has 0 saturated carbocycles. The highest BCUT2D eigenvalue weighted by Gasteiger charge is 2.36. The van der Waals surface area contributed by atoms with Crippen molar-refractivity contribution in [2.75, 3.05) is 7.11 Å². The number of nitrogens with one attached hydrogen (secondary N) is 1. The van der Waals surface area contributed by atoms with Crippen molar-refractivity contribution >= 4 is 12.0 Å². The van der Waals surface area contributed by atoms with Crippen LogP contribution in [0.4, 0.5) is 4.79 Å². The summed E-state index contributed by atoms with van der Waals surface area (Å²) in [4.78, 5) is 27.9. The van der Waals surface area contributed by atoms with Crippen molar-refractivity contribution in [1.82, 2.24) is 10.2 Å². The number of urea groups is 1. The van der Waals surface area contributed by atoms with Crippen molar-refractivity contribution in [3.05, 3.63) is 113 Å². The standard InChI is InChI=1S/C27H26N2O4/c1-19-24(26(30)33-18-21-13-15-23(32-2)16-14-21)25(22-11-7-4-8-12-22)28-27(31)29(19)17-20-9-5-3-6-10-20/h3-16,25H,17-18H2,1-2H3,(H,28,31). The normalized spacial score (nSPS) is 15.8. The van der Waals surface area contributed by atoms with E-state index in [1.165, 1.54) is 0 Å². The molecule has 0 aliphatic carbocycles. The van der Waals surface area contributed by atoms with Crippen LogP contribution < -0.4 is 10.1 Å². The Morgan fingerprint density at radius 1 is 0.909 bits per heavy atom. The molecule has 33 heavy (non-hydrogen) atoms. The van der Waals surface area contributed by atoms with Crippen LogP contribution in [0.1, 0.15) is 29.7 Å². The van der Waals surface area contributed by atoms with Gasteiger partial charge in [0.15, 0.2) is 0 Å². The van der Waals surface area contributed by atoms with Gasteiger partial charge in [0.05, 0.1) is 25.3 Å². The smallest absolute Gasteiger partial charge is 0.338 e. The maximum absolute atomic E-state index is 13.3. The predicted molar refractivity (Wildman–Crippen MR) is 125 cm³/mol. The summed E-state index contributed by atoms with van der Waals surface area (Å²) in [6.45, 7) is 2.27. The van der Waals surface area contributed by atoms with Gasteiger partial charge in [-0.15, -0.1) is 0 Å². The van der Waals surface area contributed by atoms with E-state index < -0.39 is 12.0 Å². The average molecular weight is 443 g/mol. The molecule has 0 radical (unpaired) electrons. The molecule has 168 valence electrons. The van der Waals surface area contributed by atoms with Crippen LogP contribution in [-0.4, -0.2) is 24.0 Å². The Morgan fingerprint density at radius 2 is 1.55 bits per heavy atom. The zero-order valence-corrected chi connectivity index (χ0v) is 18.7. The van der Waals surface area contributed by atoms with E-state index in [1.54, 1.807) is 18.9 Å². The van der Waals surface area contributed by atoms with Gasteiger partial charge >= 0.3 is 12.0 Å². The number of esters is 1. The highest BCUT2D eigenvalue weighted by molar-refractivity contribution is 5.95. The Bertz CT molecular complexity index is 1140. The number of hydrogen-bond acceptors (Lipinski definition) is 4. The van der Waals surface area contributed by atoms with Crippen molar-refractivity contribution in [3.8, 4) is 5.75 Å². The fourth-order valence-corrected chi connectivity index (χ4v) is 3.85. The molecule has 3 aromatic carbocycles. The van der Waals surface area contributed by atoms with Crippen LogP contribution in [0, 0.1) is 0 Å². The molecule has 1 unspecified atom stereocenters. The first-order valence-corrected chi connectivity index (χ1v) is 10.7. The van der Waals surface area contributed by atoms with E-state index in [-0.39, 0.29) is 12.6 Å². The fraction of sp³-hybridized carbons (Fsp3) is 0.185. The lowest BCUT2D eigenvalue weighted by molar-refractivity contribution is -0.141. The quantitative estimate of drug-likeness (QED) is 0.524. The third kappa shape index (κ3) is 5.06. The van der Waals surface area contributed by atoms with Gasteiger partial charge in [0, 0.05) is 5.70 Å². The monoisotopic (exact) mass is 442 g/mol. The van der Waals surface area contributed by atoms with Gasteiger partial charge in [0.25, 0.3) is 0 Å². The van der Waals surface area contributed by atoms with Gasteiger partial charge in [-0.05, 0) is 35.7 Å². The number of amides is 2. The minimum atomic E-state index is -0.589. The molecule has 0 fully saturated rings. The van der Waals surface area contributed by atoms with Crippen molar-refractivity contribution in [1.29, 1.82) is 0 Å². The van der Waals surface area contributed by atoms with Crippen molar-refractivity contribution in [3.63, 3.8) is 0 Å². The van der Waals surface area contributed by atoms with Crippen molar-refractivity contribution < 1.29 is 19.1 Å². The minimum absolute atomic E-state index is 0.119. The van der Waals surface area contributed by atoms with Gasteiger partial charge in [0.2, 0.25) is 0 Å². The van der Waals surface area contributed by atoms with Crippen LogP contribution in [-0.2, 0) is 22.7 Å². The minimum Gasteiger partial charge on any atom is -0.497 e. The second-order valence-electron chi connectivity index (χ2n) is 7.79. The molecule has 0 spiro atoms. The summed E-state index contributed by atoms with van der Waals surface area (Å²) in [6.07, 6.45) is 0. The van der Waals surface area contributed by atoms with Crippen LogP contribution in [0.15, 0.2) is 96.2 Å². The summed E-state index contributed by atoms with van der Waals surface area (Å²) in [5.74, 6) is 0.273. The van der Waals surface area contributed by atoms with E-state index in [1.807, 2.05) is 84.9 Å². The maximum atomic E-state index is 13.3. The zero-order chi connectivity index (χ0) is 23.2. The van der Waals surface area contributed by atoms with Crippen LogP contribution >= 0.6 is 0 Å². The third-order valence-electron chi connectivity index (χ3n) is 5.66. The van der Waals surface area contributed by atoms with Crippen molar-refractivity contribution in [2.24, 2.45) is 0 Å². The van der Waals surface area contributed by atoms with E-state index in [4.69, 9.17) is 9.47 Å². The molecule has 0 saturated heterocycles. The van der Waals surface area contributed by atoms with Crippen LogP contribution in [0.2, 0.25) is 0 Å². The van der Waals surface area contributed by atoms with Crippen LogP contribution in [0.25, 0.3) is 0 Å². The first-order valence-electron chi connectivity index (χ1n) is 10.7. The highest BCUT2D eigenvalue weighted by atomic mass is 16.5. The molecule has 6 heteroatoms. The molecule has 1 aliphatic heterocycles. The number of hydrogen-bond donors (Lipinski definition) is 1. The zero-order valence-electron chi connectivity index (χ0n) is 18.7. The number of carbonyl (C=O) groups is 2. The fourth-order valence-electron chi connectivity index (χ4n) is 3.85. The Hall–Kier alpha value is -4.06. The predicted octanol–water partition coefficient (Wildman–Crippen LogP) is 4.98. The summed E-state index contributed by atoms with van der Waals surface area (Å²) >= 11 is 0. The second kappa shape index (κ2) is 10.0. The molecule has 3 aromatic rings. The van der Waals surface area contributed by atoms with Crippen LogP contribution in [0.3, 0.4) is 0 Å². The summed E-state index contributed by atoms with van der Waals surface area (Å²) in [5.41, 5.74) is 3.64. The van der Waals surface area contributed by atoms with E-state index in [9.17, 15) is 9.59 Å². The van der Waals surface area contributed by atoms with Gasteiger partial charge in [-0.1, -0.05) is 72.8 Å². The molecule has 1 atom stereocenters. The molecule has 6 nitrogen and oxygen atoms in total. The topological polar surface area (TPSA) is 67.9 Å². The number of allylic oxidation sites excluding steroid dienone is 1. The van der Waals surface area contributed by atoms with Gasteiger partial charge in [-0.25, -0.2) is 9.59 Å². The number of rotatable bonds is 7. The third-order valence-corrected chi connectivity index (χ3v) is 5.66. The molecule has 1 heterocycles. The summed E-state index contributed by atoms with van der Waals surface area (Å²) in [7, 11) is 1.60. The van der Waals surface area contributed by atoms with E-state index in [0.717, 1.165) is 22.4 Å². The Morgan fingerprint density at radius 3 is 2.18 bits per heavy atom. The molecule has 1 N–H and O–H groups in total. The van der Waals surface area contributed by atoms with Gasteiger partial charge in [0.1, 0.15) is 12.4 Å². The SMILES string of the molecule is COc1ccc(COC(=O)C2=C(C)N(Cc3ccccc3)C(=O)NC2c2ccccc2)cc1. The summed E-state index contributed by atoms with van der Waals surface area (Å²) < 4.78 is 10.9. The first kappa shape index (κ1) is 22.1. The Balaban J connectivity index is 1.63. The van der Waals surface area contributed by atoms with E-state index >= 15 is 0 Å². The number of methoxy groups -OCH3 is 1. The molecular weight excluding hydrogens is 416 g/mol. The summed E-state index contributed by atoms with van der Waals surface area (Å²) in [6, 6.07) is 25.6. The van der Waals surface area contributed by atoms with Crippen LogP contribution in [0.5, 0.6) is 5.75 Å². The van der Waals surface area contributed by atoms with Gasteiger partial charge in [-0.2, -0.15) is 0 Å². The number of ether oxygens (including phenoxy) is 2. The maximum Gasteiger partial charge on any atom is 0.338 e. The first-order chi connectivity index (χ1) is 16.1. The number of nitrogens with zero attached hydrogens (tertiary/aromatic N) is 1.